The lowest BCUT2D eigenvalue weighted by atomic mass is 9.98. The average Bonchev–Trinajstić information content (AvgIpc) is 2.14. The van der Waals surface area contributed by atoms with E-state index in [0.29, 0.717) is 13.0 Å². The van der Waals surface area contributed by atoms with Crippen LogP contribution in [0.4, 0.5) is 0 Å². The second-order valence-corrected chi connectivity index (χ2v) is 4.82. The van der Waals surface area contributed by atoms with Crippen LogP contribution in [0.15, 0.2) is 0 Å². The minimum absolute atomic E-state index is 0.0657. The van der Waals surface area contributed by atoms with Gasteiger partial charge < -0.3 is 16.4 Å². The van der Waals surface area contributed by atoms with Gasteiger partial charge in [-0.3, -0.25) is 9.59 Å². The molecule has 0 aliphatic carbocycles. The van der Waals surface area contributed by atoms with Crippen LogP contribution in [0.25, 0.3) is 0 Å². The summed E-state index contributed by atoms with van der Waals surface area (Å²) in [6, 6.07) is 0. The first kappa shape index (κ1) is 14.9. The fraction of sp³-hybridized carbons (Fsp3) is 0.818. The van der Waals surface area contributed by atoms with Gasteiger partial charge in [-0.1, -0.05) is 20.8 Å². The van der Waals surface area contributed by atoms with Crippen LogP contribution >= 0.6 is 0 Å². The van der Waals surface area contributed by atoms with Crippen molar-refractivity contribution in [3.8, 4) is 0 Å². The molecule has 16 heavy (non-hydrogen) atoms. The highest BCUT2D eigenvalue weighted by Gasteiger charge is 2.31. The van der Waals surface area contributed by atoms with Crippen LogP contribution in [-0.2, 0) is 9.59 Å². The predicted octanol–water partition coefficient (Wildman–Crippen LogP) is 0.0837. The predicted molar refractivity (Wildman–Crippen MR) is 63.5 cm³/mol. The van der Waals surface area contributed by atoms with E-state index >= 15 is 0 Å². The van der Waals surface area contributed by atoms with Crippen molar-refractivity contribution in [1.29, 1.82) is 0 Å². The molecule has 0 aromatic rings. The number of hydrogen-bond acceptors (Lipinski definition) is 3. The van der Waals surface area contributed by atoms with Crippen LogP contribution < -0.4 is 11.5 Å². The van der Waals surface area contributed by atoms with E-state index in [-0.39, 0.29) is 18.4 Å². The molecule has 0 heterocycles. The van der Waals surface area contributed by atoms with Crippen molar-refractivity contribution in [3.05, 3.63) is 0 Å². The Bertz CT molecular complexity index is 262. The smallest absolute Gasteiger partial charge is 0.242 e. The first-order valence-electron chi connectivity index (χ1n) is 5.57. The van der Waals surface area contributed by atoms with Gasteiger partial charge in [0.2, 0.25) is 11.8 Å². The molecule has 0 radical (unpaired) electrons. The number of amides is 2. The van der Waals surface area contributed by atoms with E-state index in [0.717, 1.165) is 0 Å². The van der Waals surface area contributed by atoms with Crippen molar-refractivity contribution < 1.29 is 9.59 Å². The number of rotatable bonds is 6. The van der Waals surface area contributed by atoms with E-state index in [9.17, 15) is 9.59 Å². The zero-order valence-electron chi connectivity index (χ0n) is 10.6. The highest BCUT2D eigenvalue weighted by Crippen LogP contribution is 2.11. The lowest BCUT2D eigenvalue weighted by Gasteiger charge is -2.31. The molecule has 1 atom stereocenters. The van der Waals surface area contributed by atoms with E-state index in [1.165, 1.54) is 4.90 Å². The lowest BCUT2D eigenvalue weighted by Crippen LogP contribution is -2.55. The van der Waals surface area contributed by atoms with Gasteiger partial charge in [-0.15, -0.1) is 0 Å². The average molecular weight is 229 g/mol. The van der Waals surface area contributed by atoms with Gasteiger partial charge >= 0.3 is 0 Å². The molecule has 0 saturated carbocycles. The van der Waals surface area contributed by atoms with Gasteiger partial charge in [0.25, 0.3) is 0 Å². The maximum absolute atomic E-state index is 12.1. The number of nitrogens with zero attached hydrogens (tertiary/aromatic N) is 1. The molecule has 0 aromatic heterocycles. The molecule has 0 saturated heterocycles. The Morgan fingerprint density at radius 3 is 2.19 bits per heavy atom. The number of nitrogens with two attached hydrogens (primary N) is 2. The molecule has 0 aromatic carbocycles. The summed E-state index contributed by atoms with van der Waals surface area (Å²) in [7, 11) is 0. The maximum atomic E-state index is 12.1. The normalized spacial score (nSPS) is 14.6. The largest absolute Gasteiger partial charge is 0.368 e. The van der Waals surface area contributed by atoms with Crippen molar-refractivity contribution in [3.63, 3.8) is 0 Å². The summed E-state index contributed by atoms with van der Waals surface area (Å²) in [6.07, 6.45) is 0.527. The molecule has 0 bridgehead atoms. The summed E-state index contributed by atoms with van der Waals surface area (Å²) in [4.78, 5) is 24.4. The summed E-state index contributed by atoms with van der Waals surface area (Å²) >= 11 is 0. The van der Waals surface area contributed by atoms with Crippen LogP contribution in [0, 0.1) is 5.92 Å². The molecule has 4 N–H and O–H groups in total. The molecule has 0 aliphatic rings. The van der Waals surface area contributed by atoms with Crippen molar-refractivity contribution in [2.75, 3.05) is 13.1 Å². The zero-order chi connectivity index (χ0) is 12.9. The van der Waals surface area contributed by atoms with E-state index in [1.807, 2.05) is 20.8 Å². The Morgan fingerprint density at radius 1 is 1.38 bits per heavy atom. The maximum Gasteiger partial charge on any atom is 0.242 e. The quantitative estimate of drug-likeness (QED) is 0.676. The second kappa shape index (κ2) is 5.84. The fourth-order valence-electron chi connectivity index (χ4n) is 1.36. The number of hydrogen-bond donors (Lipinski definition) is 2. The third kappa shape index (κ3) is 4.61. The highest BCUT2D eigenvalue weighted by molar-refractivity contribution is 5.89. The monoisotopic (exact) mass is 229 g/mol. The standard InChI is InChI=1S/C11H23N3O2/c1-5-11(4,13)10(16)14(6-8(2)3)7-9(12)15/h8H,5-7,13H2,1-4H3,(H2,12,15). The molecule has 0 aliphatic heterocycles. The topological polar surface area (TPSA) is 89.4 Å². The number of carbonyl (C=O) groups excluding carboxylic acids is 2. The SMILES string of the molecule is CCC(C)(N)C(=O)N(CC(N)=O)CC(C)C. The van der Waals surface area contributed by atoms with Crippen molar-refractivity contribution in [1.82, 2.24) is 4.90 Å². The molecule has 94 valence electrons. The van der Waals surface area contributed by atoms with Gasteiger partial charge in [-0.25, -0.2) is 0 Å². The van der Waals surface area contributed by atoms with E-state index in [1.54, 1.807) is 6.92 Å². The van der Waals surface area contributed by atoms with Gasteiger partial charge in [0, 0.05) is 6.54 Å². The zero-order valence-corrected chi connectivity index (χ0v) is 10.6. The fourth-order valence-corrected chi connectivity index (χ4v) is 1.36. The van der Waals surface area contributed by atoms with Crippen molar-refractivity contribution in [2.45, 2.75) is 39.7 Å². The minimum atomic E-state index is -0.926. The van der Waals surface area contributed by atoms with Crippen molar-refractivity contribution in [2.24, 2.45) is 17.4 Å². The molecular weight excluding hydrogens is 206 g/mol. The van der Waals surface area contributed by atoms with Crippen LogP contribution in [0.1, 0.15) is 34.1 Å². The first-order chi connectivity index (χ1) is 7.20. The van der Waals surface area contributed by atoms with Gasteiger partial charge in [-0.05, 0) is 19.3 Å². The van der Waals surface area contributed by atoms with Crippen LogP contribution in [0.5, 0.6) is 0 Å². The molecule has 1 unspecified atom stereocenters. The van der Waals surface area contributed by atoms with E-state index in [4.69, 9.17) is 11.5 Å². The summed E-state index contributed by atoms with van der Waals surface area (Å²) in [6.45, 7) is 7.89. The molecule has 0 rings (SSSR count). The minimum Gasteiger partial charge on any atom is -0.368 e. The first-order valence-corrected chi connectivity index (χ1v) is 5.57. The molecule has 2 amide bonds. The molecule has 5 nitrogen and oxygen atoms in total. The number of primary amides is 1. The molecule has 5 heteroatoms. The Morgan fingerprint density at radius 2 is 1.88 bits per heavy atom. The molecular formula is C11H23N3O2. The van der Waals surface area contributed by atoms with E-state index < -0.39 is 11.4 Å². The summed E-state index contributed by atoms with van der Waals surface area (Å²) < 4.78 is 0. The number of carbonyl (C=O) groups is 2. The van der Waals surface area contributed by atoms with Gasteiger partial charge in [0.1, 0.15) is 0 Å². The van der Waals surface area contributed by atoms with Gasteiger partial charge in [0.15, 0.2) is 0 Å². The van der Waals surface area contributed by atoms with Crippen LogP contribution in [-0.4, -0.2) is 35.3 Å². The van der Waals surface area contributed by atoms with E-state index in [2.05, 4.69) is 0 Å². The third-order valence-electron chi connectivity index (χ3n) is 2.44. The lowest BCUT2D eigenvalue weighted by molar-refractivity contribution is -0.140. The molecule has 0 spiro atoms. The third-order valence-corrected chi connectivity index (χ3v) is 2.44. The Labute approximate surface area is 97.2 Å². The summed E-state index contributed by atoms with van der Waals surface area (Å²) in [5, 5.41) is 0. The highest BCUT2D eigenvalue weighted by atomic mass is 16.2. The van der Waals surface area contributed by atoms with Crippen LogP contribution in [0.2, 0.25) is 0 Å². The Hall–Kier alpha value is -1.10. The summed E-state index contributed by atoms with van der Waals surface area (Å²) in [5.41, 5.74) is 10.1. The second-order valence-electron chi connectivity index (χ2n) is 4.82. The van der Waals surface area contributed by atoms with Gasteiger partial charge in [-0.2, -0.15) is 0 Å². The Balaban J connectivity index is 4.75. The Kier molecular flexibility index (Phi) is 5.44. The van der Waals surface area contributed by atoms with Gasteiger partial charge in [0.05, 0.1) is 12.1 Å². The van der Waals surface area contributed by atoms with Crippen molar-refractivity contribution >= 4 is 11.8 Å². The molecule has 0 fully saturated rings. The summed E-state index contributed by atoms with van der Waals surface area (Å²) in [5.74, 6) is -0.459. The van der Waals surface area contributed by atoms with Crippen LogP contribution in [0.3, 0.4) is 0 Å².